The first-order valence-electron chi connectivity index (χ1n) is 7.33. The Morgan fingerprint density at radius 3 is 2.88 bits per heavy atom. The van der Waals surface area contributed by atoms with Crippen LogP contribution in [0.3, 0.4) is 0 Å². The van der Waals surface area contributed by atoms with Crippen LogP contribution in [0.1, 0.15) is 20.9 Å². The number of hydrogen-bond donors (Lipinski definition) is 1. The zero-order valence-electron chi connectivity index (χ0n) is 13.3. The minimum Gasteiger partial charge on any atom is -0.481 e. The van der Waals surface area contributed by atoms with Crippen molar-refractivity contribution in [2.45, 2.75) is 13.5 Å². The predicted octanol–water partition coefficient (Wildman–Crippen LogP) is 2.85. The van der Waals surface area contributed by atoms with Gasteiger partial charge in [-0.2, -0.15) is 0 Å². The van der Waals surface area contributed by atoms with E-state index in [1.54, 1.807) is 25.6 Å². The molecule has 0 aliphatic heterocycles. The Labute approximate surface area is 143 Å². The van der Waals surface area contributed by atoms with Crippen molar-refractivity contribution in [3.63, 3.8) is 0 Å². The summed E-state index contributed by atoms with van der Waals surface area (Å²) in [6, 6.07) is 9.25. The molecule has 0 fully saturated rings. The molecule has 3 rings (SSSR count). The van der Waals surface area contributed by atoms with Crippen LogP contribution in [-0.4, -0.2) is 28.0 Å². The fourth-order valence-electron chi connectivity index (χ4n) is 2.14. The molecule has 0 spiro atoms. The molecule has 122 valence electrons. The van der Waals surface area contributed by atoms with Gasteiger partial charge in [0.25, 0.3) is 5.91 Å². The van der Waals surface area contributed by atoms with Gasteiger partial charge in [0.05, 0.1) is 18.5 Å². The van der Waals surface area contributed by atoms with Crippen LogP contribution in [0.25, 0.3) is 10.7 Å². The third kappa shape index (κ3) is 3.57. The standard InChI is InChI=1S/C17H16N4O2S/c1-11-15(24-17(21-11)13-5-3-4-7-18-13)16(22)20-10-12-6-8-19-14(9-12)23-2/h3-9H,10H2,1-2H3,(H,20,22). The van der Waals surface area contributed by atoms with Crippen molar-refractivity contribution in [2.75, 3.05) is 7.11 Å². The topological polar surface area (TPSA) is 77.0 Å². The maximum Gasteiger partial charge on any atom is 0.263 e. The number of amides is 1. The molecule has 0 saturated carbocycles. The maximum atomic E-state index is 12.4. The second-order valence-electron chi connectivity index (χ2n) is 5.04. The monoisotopic (exact) mass is 340 g/mol. The zero-order valence-corrected chi connectivity index (χ0v) is 14.1. The number of ether oxygens (including phenoxy) is 1. The second-order valence-corrected chi connectivity index (χ2v) is 6.04. The van der Waals surface area contributed by atoms with Gasteiger partial charge in [0.2, 0.25) is 5.88 Å². The normalized spacial score (nSPS) is 10.4. The summed E-state index contributed by atoms with van der Waals surface area (Å²) in [4.78, 5) is 25.8. The van der Waals surface area contributed by atoms with Crippen LogP contribution in [0.5, 0.6) is 5.88 Å². The van der Waals surface area contributed by atoms with Gasteiger partial charge in [0.1, 0.15) is 9.88 Å². The zero-order chi connectivity index (χ0) is 16.9. The molecule has 0 aliphatic carbocycles. The molecule has 0 unspecified atom stereocenters. The first kappa shape index (κ1) is 16.1. The third-order valence-corrected chi connectivity index (χ3v) is 4.53. The molecule has 3 aromatic rings. The van der Waals surface area contributed by atoms with E-state index in [1.807, 2.05) is 31.2 Å². The average molecular weight is 340 g/mol. The number of methoxy groups -OCH3 is 1. The number of rotatable bonds is 5. The van der Waals surface area contributed by atoms with Crippen LogP contribution in [-0.2, 0) is 6.54 Å². The smallest absolute Gasteiger partial charge is 0.263 e. The summed E-state index contributed by atoms with van der Waals surface area (Å²) in [6.45, 7) is 2.22. The van der Waals surface area contributed by atoms with Gasteiger partial charge in [0, 0.05) is 25.0 Å². The summed E-state index contributed by atoms with van der Waals surface area (Å²) in [7, 11) is 1.56. The van der Waals surface area contributed by atoms with E-state index in [1.165, 1.54) is 11.3 Å². The lowest BCUT2D eigenvalue weighted by Gasteiger charge is -2.05. The Kier molecular flexibility index (Phi) is 4.81. The number of carbonyl (C=O) groups excluding carboxylic acids is 1. The highest BCUT2D eigenvalue weighted by Gasteiger charge is 2.16. The van der Waals surface area contributed by atoms with Crippen molar-refractivity contribution >= 4 is 17.2 Å². The SMILES string of the molecule is COc1cc(CNC(=O)c2sc(-c3ccccn3)nc2C)ccn1. The van der Waals surface area contributed by atoms with E-state index in [0.29, 0.717) is 23.0 Å². The van der Waals surface area contributed by atoms with Gasteiger partial charge in [0.15, 0.2) is 0 Å². The lowest BCUT2D eigenvalue weighted by molar-refractivity contribution is 0.0954. The Balaban J connectivity index is 1.72. The van der Waals surface area contributed by atoms with E-state index in [9.17, 15) is 4.79 Å². The summed E-state index contributed by atoms with van der Waals surface area (Å²) in [5.74, 6) is 0.371. The van der Waals surface area contributed by atoms with E-state index < -0.39 is 0 Å². The lowest BCUT2D eigenvalue weighted by Crippen LogP contribution is -2.22. The number of carbonyl (C=O) groups is 1. The van der Waals surface area contributed by atoms with Crippen molar-refractivity contribution in [3.8, 4) is 16.6 Å². The number of pyridine rings is 2. The summed E-state index contributed by atoms with van der Waals surface area (Å²) in [5, 5.41) is 3.64. The summed E-state index contributed by atoms with van der Waals surface area (Å²) >= 11 is 1.34. The fraction of sp³-hybridized carbons (Fsp3) is 0.176. The highest BCUT2D eigenvalue weighted by Crippen LogP contribution is 2.26. The van der Waals surface area contributed by atoms with Crippen LogP contribution >= 0.6 is 11.3 Å². The number of nitrogens with zero attached hydrogens (tertiary/aromatic N) is 3. The van der Waals surface area contributed by atoms with Gasteiger partial charge in [-0.3, -0.25) is 9.78 Å². The quantitative estimate of drug-likeness (QED) is 0.773. The lowest BCUT2D eigenvalue weighted by atomic mass is 10.2. The molecule has 1 N–H and O–H groups in total. The van der Waals surface area contributed by atoms with Crippen molar-refractivity contribution in [2.24, 2.45) is 0 Å². The third-order valence-electron chi connectivity index (χ3n) is 3.35. The van der Waals surface area contributed by atoms with Gasteiger partial charge >= 0.3 is 0 Å². The van der Waals surface area contributed by atoms with Crippen molar-refractivity contribution in [1.29, 1.82) is 0 Å². The number of aromatic nitrogens is 3. The molecule has 0 radical (unpaired) electrons. The number of hydrogen-bond acceptors (Lipinski definition) is 6. The molecular weight excluding hydrogens is 324 g/mol. The maximum absolute atomic E-state index is 12.4. The number of aryl methyl sites for hydroxylation is 1. The van der Waals surface area contributed by atoms with Gasteiger partial charge in [-0.1, -0.05) is 6.07 Å². The average Bonchev–Trinajstić information content (AvgIpc) is 3.02. The molecular formula is C17H16N4O2S. The Hall–Kier alpha value is -2.80. The summed E-state index contributed by atoms with van der Waals surface area (Å²) < 4.78 is 5.08. The van der Waals surface area contributed by atoms with Crippen LogP contribution in [0.2, 0.25) is 0 Å². The molecule has 6 nitrogen and oxygen atoms in total. The fourth-order valence-corrected chi connectivity index (χ4v) is 3.10. The van der Waals surface area contributed by atoms with E-state index in [0.717, 1.165) is 16.3 Å². The molecule has 7 heteroatoms. The highest BCUT2D eigenvalue weighted by atomic mass is 32.1. The van der Waals surface area contributed by atoms with Crippen LogP contribution in [0.4, 0.5) is 0 Å². The Morgan fingerprint density at radius 1 is 1.25 bits per heavy atom. The molecule has 0 bridgehead atoms. The summed E-state index contributed by atoms with van der Waals surface area (Å²) in [6.07, 6.45) is 3.36. The minimum absolute atomic E-state index is 0.150. The van der Waals surface area contributed by atoms with Gasteiger partial charge in [-0.05, 0) is 30.7 Å². The molecule has 3 aromatic heterocycles. The summed E-state index contributed by atoms with van der Waals surface area (Å²) in [5.41, 5.74) is 2.39. The number of thiazole rings is 1. The van der Waals surface area contributed by atoms with Gasteiger partial charge in [-0.25, -0.2) is 9.97 Å². The van der Waals surface area contributed by atoms with Crippen LogP contribution in [0, 0.1) is 6.92 Å². The molecule has 24 heavy (non-hydrogen) atoms. The van der Waals surface area contributed by atoms with Crippen molar-refractivity contribution < 1.29 is 9.53 Å². The molecule has 0 saturated heterocycles. The second kappa shape index (κ2) is 7.18. The molecule has 0 aromatic carbocycles. The van der Waals surface area contributed by atoms with E-state index in [4.69, 9.17) is 4.74 Å². The minimum atomic E-state index is -0.150. The molecule has 3 heterocycles. The molecule has 0 atom stereocenters. The van der Waals surface area contributed by atoms with Gasteiger partial charge < -0.3 is 10.1 Å². The van der Waals surface area contributed by atoms with Crippen LogP contribution in [0.15, 0.2) is 42.7 Å². The first-order chi connectivity index (χ1) is 11.7. The van der Waals surface area contributed by atoms with Crippen molar-refractivity contribution in [3.05, 3.63) is 58.9 Å². The number of nitrogens with one attached hydrogen (secondary N) is 1. The molecule has 1 amide bonds. The van der Waals surface area contributed by atoms with Crippen molar-refractivity contribution in [1.82, 2.24) is 20.3 Å². The molecule has 0 aliphatic rings. The Bertz CT molecular complexity index is 849. The largest absolute Gasteiger partial charge is 0.481 e. The van der Waals surface area contributed by atoms with E-state index in [2.05, 4.69) is 20.3 Å². The predicted molar refractivity (Wildman–Crippen MR) is 92.0 cm³/mol. The van der Waals surface area contributed by atoms with E-state index >= 15 is 0 Å². The Morgan fingerprint density at radius 2 is 2.12 bits per heavy atom. The van der Waals surface area contributed by atoms with Gasteiger partial charge in [-0.15, -0.1) is 11.3 Å². The van der Waals surface area contributed by atoms with E-state index in [-0.39, 0.29) is 5.91 Å². The highest BCUT2D eigenvalue weighted by molar-refractivity contribution is 7.17. The van der Waals surface area contributed by atoms with Crippen LogP contribution < -0.4 is 10.1 Å². The first-order valence-corrected chi connectivity index (χ1v) is 8.15.